The minimum absolute atomic E-state index is 0.145. The van der Waals surface area contributed by atoms with Gasteiger partial charge in [-0.05, 0) is 60.4 Å². The third-order valence-electron chi connectivity index (χ3n) is 3.25. The fourth-order valence-corrected chi connectivity index (χ4v) is 2.75. The lowest BCUT2D eigenvalue weighted by molar-refractivity contribution is 0.610. The first kappa shape index (κ1) is 14.2. The van der Waals surface area contributed by atoms with E-state index in [0.29, 0.717) is 0 Å². The molecule has 0 aliphatic rings. The van der Waals surface area contributed by atoms with E-state index in [1.165, 1.54) is 12.1 Å². The lowest BCUT2D eigenvalue weighted by atomic mass is 9.93. The average Bonchev–Trinajstić information content (AvgIpc) is 2.34. The van der Waals surface area contributed by atoms with Crippen molar-refractivity contribution in [3.8, 4) is 0 Å². The van der Waals surface area contributed by atoms with E-state index >= 15 is 0 Å². The molecule has 1 unspecified atom stereocenters. The molecule has 3 N–H and O–H groups in total. The smallest absolute Gasteiger partial charge is 0.123 e. The molecule has 0 amide bonds. The highest BCUT2D eigenvalue weighted by atomic mass is 79.9. The fourth-order valence-electron chi connectivity index (χ4n) is 2.27. The number of nitrogens with two attached hydrogens (primary N) is 1. The molecule has 0 heterocycles. The van der Waals surface area contributed by atoms with E-state index in [9.17, 15) is 4.39 Å². The molecule has 2 aromatic rings. The van der Waals surface area contributed by atoms with Gasteiger partial charge in [-0.25, -0.2) is 9.82 Å². The Morgan fingerprint density at radius 1 is 1.05 bits per heavy atom. The third kappa shape index (κ3) is 3.03. The van der Waals surface area contributed by atoms with E-state index < -0.39 is 0 Å². The molecule has 2 aromatic carbocycles. The summed E-state index contributed by atoms with van der Waals surface area (Å²) in [7, 11) is 0. The van der Waals surface area contributed by atoms with Crippen molar-refractivity contribution < 1.29 is 4.39 Å². The van der Waals surface area contributed by atoms with E-state index in [0.717, 1.165) is 26.7 Å². The molecule has 0 aromatic heterocycles. The molecule has 0 saturated heterocycles. The molecule has 0 bridgehead atoms. The SMILES string of the molecule is Cc1cc(F)ccc1C(NN)c1ccc(Br)cc1C. The monoisotopic (exact) mass is 322 g/mol. The molecule has 2 nitrogen and oxygen atoms in total. The number of nitrogens with one attached hydrogen (secondary N) is 1. The summed E-state index contributed by atoms with van der Waals surface area (Å²) in [6.45, 7) is 3.92. The van der Waals surface area contributed by atoms with Crippen LogP contribution in [0.5, 0.6) is 0 Å². The predicted octanol–water partition coefficient (Wildman–Crippen LogP) is 3.76. The first-order chi connectivity index (χ1) is 9.02. The van der Waals surface area contributed by atoms with Crippen LogP contribution in [-0.2, 0) is 0 Å². The van der Waals surface area contributed by atoms with Gasteiger partial charge in [-0.2, -0.15) is 0 Å². The van der Waals surface area contributed by atoms with Gasteiger partial charge in [-0.15, -0.1) is 0 Å². The minimum atomic E-state index is -0.232. The molecule has 1 atom stereocenters. The molecule has 0 saturated carbocycles. The predicted molar refractivity (Wildman–Crippen MR) is 79.2 cm³/mol. The van der Waals surface area contributed by atoms with E-state index in [2.05, 4.69) is 21.4 Å². The maximum atomic E-state index is 13.2. The van der Waals surface area contributed by atoms with Crippen LogP contribution in [0.25, 0.3) is 0 Å². The van der Waals surface area contributed by atoms with Crippen LogP contribution in [0.1, 0.15) is 28.3 Å². The van der Waals surface area contributed by atoms with Crippen LogP contribution in [-0.4, -0.2) is 0 Å². The van der Waals surface area contributed by atoms with Crippen molar-refractivity contribution in [1.29, 1.82) is 0 Å². The van der Waals surface area contributed by atoms with Gasteiger partial charge in [0.05, 0.1) is 6.04 Å². The number of halogens is 2. The fraction of sp³-hybridized carbons (Fsp3) is 0.200. The molecule has 100 valence electrons. The van der Waals surface area contributed by atoms with Crippen LogP contribution < -0.4 is 11.3 Å². The number of rotatable bonds is 3. The molecule has 0 spiro atoms. The van der Waals surface area contributed by atoms with Crippen LogP contribution in [0, 0.1) is 19.7 Å². The van der Waals surface area contributed by atoms with E-state index in [1.807, 2.05) is 32.0 Å². The van der Waals surface area contributed by atoms with Gasteiger partial charge in [-0.1, -0.05) is 28.1 Å². The number of hydrogen-bond donors (Lipinski definition) is 2. The van der Waals surface area contributed by atoms with Crippen molar-refractivity contribution in [2.24, 2.45) is 5.84 Å². The maximum absolute atomic E-state index is 13.2. The molecule has 0 fully saturated rings. The Kier molecular flexibility index (Phi) is 4.34. The van der Waals surface area contributed by atoms with Gasteiger partial charge in [-0.3, -0.25) is 5.84 Å². The highest BCUT2D eigenvalue weighted by molar-refractivity contribution is 9.10. The quantitative estimate of drug-likeness (QED) is 0.667. The molecule has 2 rings (SSSR count). The largest absolute Gasteiger partial charge is 0.271 e. The average molecular weight is 323 g/mol. The standard InChI is InChI=1S/C15H16BrFN2/c1-9-7-11(16)3-5-13(9)15(19-18)14-6-4-12(17)8-10(14)2/h3-8,15,19H,18H2,1-2H3. The van der Waals surface area contributed by atoms with Gasteiger partial charge < -0.3 is 0 Å². The van der Waals surface area contributed by atoms with Crippen LogP contribution in [0.3, 0.4) is 0 Å². The van der Waals surface area contributed by atoms with Crippen LogP contribution in [0.15, 0.2) is 40.9 Å². The first-order valence-electron chi connectivity index (χ1n) is 6.01. The number of hydrogen-bond acceptors (Lipinski definition) is 2. The summed E-state index contributed by atoms with van der Waals surface area (Å²) in [4.78, 5) is 0. The molecule has 0 aliphatic carbocycles. The summed E-state index contributed by atoms with van der Waals surface area (Å²) in [6.07, 6.45) is 0. The van der Waals surface area contributed by atoms with Crippen molar-refractivity contribution in [2.75, 3.05) is 0 Å². The Labute approximate surface area is 120 Å². The second-order valence-corrected chi connectivity index (χ2v) is 5.52. The highest BCUT2D eigenvalue weighted by Gasteiger charge is 2.17. The summed E-state index contributed by atoms with van der Waals surface area (Å²) in [5.74, 6) is 5.46. The molecule has 4 heteroatoms. The van der Waals surface area contributed by atoms with Crippen molar-refractivity contribution in [3.05, 3.63) is 68.9 Å². The van der Waals surface area contributed by atoms with Crippen LogP contribution in [0.2, 0.25) is 0 Å². The molecular weight excluding hydrogens is 307 g/mol. The van der Waals surface area contributed by atoms with Crippen molar-refractivity contribution >= 4 is 15.9 Å². The maximum Gasteiger partial charge on any atom is 0.123 e. The highest BCUT2D eigenvalue weighted by Crippen LogP contribution is 2.28. The van der Waals surface area contributed by atoms with Crippen LogP contribution in [0.4, 0.5) is 4.39 Å². The Balaban J connectivity index is 2.50. The number of aryl methyl sites for hydroxylation is 2. The van der Waals surface area contributed by atoms with Crippen molar-refractivity contribution in [2.45, 2.75) is 19.9 Å². The second kappa shape index (κ2) is 5.82. The van der Waals surface area contributed by atoms with Gasteiger partial charge in [0.1, 0.15) is 5.82 Å². The van der Waals surface area contributed by atoms with E-state index in [1.54, 1.807) is 6.07 Å². The number of benzene rings is 2. The summed E-state index contributed by atoms with van der Waals surface area (Å²) < 4.78 is 14.2. The summed E-state index contributed by atoms with van der Waals surface area (Å²) >= 11 is 3.45. The second-order valence-electron chi connectivity index (χ2n) is 4.60. The Bertz CT molecular complexity index is 547. The Hall–Kier alpha value is -1.23. The van der Waals surface area contributed by atoms with Gasteiger partial charge in [0.15, 0.2) is 0 Å². The van der Waals surface area contributed by atoms with Crippen molar-refractivity contribution in [1.82, 2.24) is 5.43 Å². The van der Waals surface area contributed by atoms with Gasteiger partial charge in [0.2, 0.25) is 0 Å². The van der Waals surface area contributed by atoms with E-state index in [-0.39, 0.29) is 11.9 Å². The third-order valence-corrected chi connectivity index (χ3v) is 3.75. The zero-order chi connectivity index (χ0) is 14.0. The van der Waals surface area contributed by atoms with Gasteiger partial charge >= 0.3 is 0 Å². The lowest BCUT2D eigenvalue weighted by Gasteiger charge is -2.21. The zero-order valence-corrected chi connectivity index (χ0v) is 12.5. The molecule has 19 heavy (non-hydrogen) atoms. The first-order valence-corrected chi connectivity index (χ1v) is 6.80. The topological polar surface area (TPSA) is 38.0 Å². The zero-order valence-electron chi connectivity index (χ0n) is 10.9. The van der Waals surface area contributed by atoms with Gasteiger partial charge in [0.25, 0.3) is 0 Å². The minimum Gasteiger partial charge on any atom is -0.271 e. The molecule has 0 aliphatic heterocycles. The lowest BCUT2D eigenvalue weighted by Crippen LogP contribution is -2.30. The Morgan fingerprint density at radius 3 is 2.16 bits per heavy atom. The van der Waals surface area contributed by atoms with Crippen LogP contribution >= 0.6 is 15.9 Å². The molecule has 0 radical (unpaired) electrons. The van der Waals surface area contributed by atoms with Gasteiger partial charge in [0, 0.05) is 4.47 Å². The number of hydrazine groups is 1. The molecular formula is C15H16BrFN2. The van der Waals surface area contributed by atoms with E-state index in [4.69, 9.17) is 5.84 Å². The summed E-state index contributed by atoms with van der Waals surface area (Å²) in [5, 5.41) is 0. The summed E-state index contributed by atoms with van der Waals surface area (Å²) in [6, 6.07) is 10.6. The normalized spacial score (nSPS) is 12.5. The Morgan fingerprint density at radius 2 is 1.63 bits per heavy atom. The van der Waals surface area contributed by atoms with Crippen molar-refractivity contribution in [3.63, 3.8) is 0 Å². The summed E-state index contributed by atoms with van der Waals surface area (Å²) in [5.41, 5.74) is 6.89.